The molecular weight excluding hydrogens is 240 g/mol. The fraction of sp³-hybridized carbons (Fsp3) is 0.600. The van der Waals surface area contributed by atoms with Crippen molar-refractivity contribution in [2.75, 3.05) is 33.9 Å². The normalized spacial score (nSPS) is 15.1. The first kappa shape index (κ1) is 14.2. The van der Waals surface area contributed by atoms with Crippen molar-refractivity contribution in [1.82, 2.24) is 4.90 Å². The standard InChI is InChI=1S/C15H24N2O2/c1-18-13-9-12-11-17(7-4-3-6-16)8-5-14(12)15(10-13)19-2/h9-10H,3-8,11,16H2,1-2H3. The van der Waals surface area contributed by atoms with E-state index < -0.39 is 0 Å². The molecule has 1 heterocycles. The molecule has 0 unspecified atom stereocenters. The van der Waals surface area contributed by atoms with E-state index in [0.717, 1.165) is 50.5 Å². The molecule has 4 nitrogen and oxygen atoms in total. The van der Waals surface area contributed by atoms with Crippen molar-refractivity contribution >= 4 is 0 Å². The maximum atomic E-state index is 5.54. The second kappa shape index (κ2) is 6.78. The Morgan fingerprint density at radius 1 is 1.21 bits per heavy atom. The van der Waals surface area contributed by atoms with Gasteiger partial charge < -0.3 is 15.2 Å². The van der Waals surface area contributed by atoms with Crippen LogP contribution in [0.15, 0.2) is 12.1 Å². The van der Waals surface area contributed by atoms with E-state index in [2.05, 4.69) is 11.0 Å². The van der Waals surface area contributed by atoms with Crippen molar-refractivity contribution in [2.45, 2.75) is 25.8 Å². The van der Waals surface area contributed by atoms with E-state index in [4.69, 9.17) is 15.2 Å². The second-order valence-corrected chi connectivity index (χ2v) is 4.99. The molecule has 2 N–H and O–H groups in total. The summed E-state index contributed by atoms with van der Waals surface area (Å²) >= 11 is 0. The van der Waals surface area contributed by atoms with Crippen molar-refractivity contribution in [2.24, 2.45) is 5.73 Å². The Labute approximate surface area is 115 Å². The summed E-state index contributed by atoms with van der Waals surface area (Å²) in [5, 5.41) is 0. The molecule has 1 aromatic carbocycles. The van der Waals surface area contributed by atoms with E-state index in [0.29, 0.717) is 0 Å². The van der Waals surface area contributed by atoms with E-state index in [1.165, 1.54) is 17.5 Å². The van der Waals surface area contributed by atoms with Gasteiger partial charge in [-0.25, -0.2) is 0 Å². The molecule has 1 aromatic rings. The summed E-state index contributed by atoms with van der Waals surface area (Å²) in [5.74, 6) is 1.83. The van der Waals surface area contributed by atoms with Crippen LogP contribution >= 0.6 is 0 Å². The summed E-state index contributed by atoms with van der Waals surface area (Å²) in [4.78, 5) is 2.48. The Bertz CT molecular complexity index is 421. The molecule has 0 spiro atoms. The van der Waals surface area contributed by atoms with Gasteiger partial charge in [0.05, 0.1) is 14.2 Å². The molecule has 0 bridgehead atoms. The van der Waals surface area contributed by atoms with Crippen molar-refractivity contribution in [3.05, 3.63) is 23.3 Å². The zero-order valence-electron chi connectivity index (χ0n) is 11.9. The molecule has 19 heavy (non-hydrogen) atoms. The minimum atomic E-state index is 0.784. The second-order valence-electron chi connectivity index (χ2n) is 4.99. The van der Waals surface area contributed by atoms with Crippen molar-refractivity contribution in [3.63, 3.8) is 0 Å². The van der Waals surface area contributed by atoms with Crippen LogP contribution in [0.1, 0.15) is 24.0 Å². The van der Waals surface area contributed by atoms with Gasteiger partial charge in [0.15, 0.2) is 0 Å². The number of benzene rings is 1. The number of hydrogen-bond acceptors (Lipinski definition) is 4. The zero-order valence-corrected chi connectivity index (χ0v) is 11.9. The Hall–Kier alpha value is -1.26. The van der Waals surface area contributed by atoms with E-state index in [1.807, 2.05) is 6.07 Å². The van der Waals surface area contributed by atoms with Gasteiger partial charge in [0.1, 0.15) is 11.5 Å². The molecular formula is C15H24N2O2. The first-order valence-electron chi connectivity index (χ1n) is 6.94. The minimum Gasteiger partial charge on any atom is -0.497 e. The summed E-state index contributed by atoms with van der Waals surface area (Å²) in [6.07, 6.45) is 3.32. The first-order valence-corrected chi connectivity index (χ1v) is 6.94. The van der Waals surface area contributed by atoms with Gasteiger partial charge in [-0.2, -0.15) is 0 Å². The van der Waals surface area contributed by atoms with Gasteiger partial charge in [-0.05, 0) is 44.0 Å². The van der Waals surface area contributed by atoms with Gasteiger partial charge in [-0.15, -0.1) is 0 Å². The van der Waals surface area contributed by atoms with Crippen molar-refractivity contribution in [1.29, 1.82) is 0 Å². The third-order valence-electron chi connectivity index (χ3n) is 3.73. The number of hydrogen-bond donors (Lipinski definition) is 1. The summed E-state index contributed by atoms with van der Waals surface area (Å²) in [7, 11) is 3.42. The molecule has 1 aliphatic heterocycles. The van der Waals surface area contributed by atoms with Crippen LogP contribution in [0.4, 0.5) is 0 Å². The van der Waals surface area contributed by atoms with Crippen LogP contribution in [0.25, 0.3) is 0 Å². The van der Waals surface area contributed by atoms with Crippen LogP contribution in [-0.2, 0) is 13.0 Å². The van der Waals surface area contributed by atoms with Gasteiger partial charge in [-0.1, -0.05) is 0 Å². The Balaban J connectivity index is 2.10. The van der Waals surface area contributed by atoms with E-state index >= 15 is 0 Å². The molecule has 2 rings (SSSR count). The molecule has 106 valence electrons. The lowest BCUT2D eigenvalue weighted by atomic mass is 9.98. The van der Waals surface area contributed by atoms with Crippen LogP contribution in [0.5, 0.6) is 11.5 Å². The number of methoxy groups -OCH3 is 2. The molecule has 0 aliphatic carbocycles. The van der Waals surface area contributed by atoms with Gasteiger partial charge in [0.25, 0.3) is 0 Å². The van der Waals surface area contributed by atoms with Gasteiger partial charge >= 0.3 is 0 Å². The highest BCUT2D eigenvalue weighted by Crippen LogP contribution is 2.32. The van der Waals surface area contributed by atoms with Crippen molar-refractivity contribution in [3.8, 4) is 11.5 Å². The fourth-order valence-corrected chi connectivity index (χ4v) is 2.66. The minimum absolute atomic E-state index is 0.784. The lowest BCUT2D eigenvalue weighted by Gasteiger charge is -2.30. The molecule has 0 amide bonds. The van der Waals surface area contributed by atoms with Gasteiger partial charge in [-0.3, -0.25) is 4.90 Å². The lowest BCUT2D eigenvalue weighted by molar-refractivity contribution is 0.246. The van der Waals surface area contributed by atoms with E-state index in [1.54, 1.807) is 14.2 Å². The number of fused-ring (bicyclic) bond motifs is 1. The molecule has 0 aromatic heterocycles. The monoisotopic (exact) mass is 264 g/mol. The Kier molecular flexibility index (Phi) is 5.05. The molecule has 0 fully saturated rings. The number of rotatable bonds is 6. The maximum absolute atomic E-state index is 5.54. The highest BCUT2D eigenvalue weighted by molar-refractivity contribution is 5.47. The molecule has 1 aliphatic rings. The van der Waals surface area contributed by atoms with Crippen LogP contribution in [0.2, 0.25) is 0 Å². The summed E-state index contributed by atoms with van der Waals surface area (Å²) in [5.41, 5.74) is 8.21. The first-order chi connectivity index (χ1) is 9.28. The average molecular weight is 264 g/mol. The Morgan fingerprint density at radius 2 is 2.05 bits per heavy atom. The summed E-state index contributed by atoms with van der Waals surface area (Å²) in [6.45, 7) is 3.98. The SMILES string of the molecule is COc1cc2c(c(OC)c1)CCN(CCCCN)C2. The van der Waals surface area contributed by atoms with Crippen LogP contribution in [-0.4, -0.2) is 38.8 Å². The Morgan fingerprint density at radius 3 is 2.74 bits per heavy atom. The van der Waals surface area contributed by atoms with Crippen LogP contribution < -0.4 is 15.2 Å². The molecule has 0 saturated heterocycles. The smallest absolute Gasteiger partial charge is 0.126 e. The topological polar surface area (TPSA) is 47.7 Å². The average Bonchev–Trinajstić information content (AvgIpc) is 2.46. The zero-order chi connectivity index (χ0) is 13.7. The molecule has 0 atom stereocenters. The van der Waals surface area contributed by atoms with Gasteiger partial charge in [0, 0.05) is 24.7 Å². The molecule has 0 saturated carbocycles. The quantitative estimate of drug-likeness (QED) is 0.796. The lowest BCUT2D eigenvalue weighted by Crippen LogP contribution is -2.31. The molecule has 0 radical (unpaired) electrons. The highest BCUT2D eigenvalue weighted by atomic mass is 16.5. The maximum Gasteiger partial charge on any atom is 0.126 e. The largest absolute Gasteiger partial charge is 0.497 e. The number of ether oxygens (including phenoxy) is 2. The summed E-state index contributed by atoms with van der Waals surface area (Å²) in [6, 6.07) is 4.11. The number of unbranched alkanes of at least 4 members (excludes halogenated alkanes) is 1. The van der Waals surface area contributed by atoms with Crippen LogP contribution in [0, 0.1) is 0 Å². The van der Waals surface area contributed by atoms with Gasteiger partial charge in [0.2, 0.25) is 0 Å². The van der Waals surface area contributed by atoms with E-state index in [9.17, 15) is 0 Å². The number of nitrogens with zero attached hydrogens (tertiary/aromatic N) is 1. The molecule has 4 heteroatoms. The predicted octanol–water partition coefficient (Wildman–Crippen LogP) is 1.80. The van der Waals surface area contributed by atoms with E-state index in [-0.39, 0.29) is 0 Å². The van der Waals surface area contributed by atoms with Crippen molar-refractivity contribution < 1.29 is 9.47 Å². The fourth-order valence-electron chi connectivity index (χ4n) is 2.66. The summed E-state index contributed by atoms with van der Waals surface area (Å²) < 4.78 is 10.8. The highest BCUT2D eigenvalue weighted by Gasteiger charge is 2.20. The number of nitrogens with two attached hydrogens (primary N) is 1. The third-order valence-corrected chi connectivity index (χ3v) is 3.73. The predicted molar refractivity (Wildman–Crippen MR) is 76.8 cm³/mol. The third kappa shape index (κ3) is 3.39. The van der Waals surface area contributed by atoms with Crippen LogP contribution in [0.3, 0.4) is 0 Å².